The lowest BCUT2D eigenvalue weighted by molar-refractivity contribution is -0.130. The van der Waals surface area contributed by atoms with Crippen molar-refractivity contribution in [1.29, 1.82) is 0 Å². The molecule has 3 heterocycles. The molecule has 162 valence electrons. The number of carbonyl (C=O) groups excluding carboxylic acids is 1. The van der Waals surface area contributed by atoms with Crippen LogP contribution in [0.25, 0.3) is 5.57 Å². The molecule has 1 aromatic carbocycles. The first kappa shape index (κ1) is 20.5. The van der Waals surface area contributed by atoms with E-state index in [1.165, 1.54) is 12.1 Å². The highest BCUT2D eigenvalue weighted by Crippen LogP contribution is 2.38. The number of hydrogen-bond acceptors (Lipinski definition) is 3. The number of benzene rings is 1. The number of nitrogens with zero attached hydrogens (tertiary/aromatic N) is 3. The molecule has 6 heteroatoms. The summed E-state index contributed by atoms with van der Waals surface area (Å²) in [6.45, 7) is 1.20. The van der Waals surface area contributed by atoms with Gasteiger partial charge in [0.2, 0.25) is 5.91 Å². The van der Waals surface area contributed by atoms with Crippen LogP contribution in [0.4, 0.5) is 8.78 Å². The molecule has 0 spiro atoms. The van der Waals surface area contributed by atoms with E-state index in [0.29, 0.717) is 38.8 Å². The van der Waals surface area contributed by atoms with Crippen LogP contribution < -0.4 is 0 Å². The van der Waals surface area contributed by atoms with Crippen LogP contribution in [0, 0.1) is 11.6 Å². The van der Waals surface area contributed by atoms with Crippen molar-refractivity contribution in [1.82, 2.24) is 14.9 Å². The van der Waals surface area contributed by atoms with Gasteiger partial charge in [-0.15, -0.1) is 0 Å². The molecule has 3 aromatic rings. The second kappa shape index (κ2) is 8.61. The van der Waals surface area contributed by atoms with Crippen LogP contribution in [0.15, 0.2) is 60.6 Å². The maximum atomic E-state index is 14.3. The molecule has 1 fully saturated rings. The number of hydrogen-bond donors (Lipinski definition) is 0. The lowest BCUT2D eigenvalue weighted by Crippen LogP contribution is -2.37. The van der Waals surface area contributed by atoms with E-state index in [0.717, 1.165) is 45.5 Å². The fraction of sp³-hybridized carbons (Fsp3) is 0.269. The Balaban J connectivity index is 1.47. The van der Waals surface area contributed by atoms with Gasteiger partial charge in [-0.2, -0.15) is 0 Å². The fourth-order valence-corrected chi connectivity index (χ4v) is 4.71. The molecule has 1 aliphatic heterocycles. The van der Waals surface area contributed by atoms with Crippen LogP contribution in [0.2, 0.25) is 0 Å². The number of amides is 1. The van der Waals surface area contributed by atoms with Crippen molar-refractivity contribution >= 4 is 11.5 Å². The van der Waals surface area contributed by atoms with Gasteiger partial charge in [0.15, 0.2) is 11.6 Å². The van der Waals surface area contributed by atoms with Crippen LogP contribution in [0.5, 0.6) is 0 Å². The van der Waals surface area contributed by atoms with Crippen molar-refractivity contribution in [2.45, 2.75) is 32.1 Å². The molecule has 32 heavy (non-hydrogen) atoms. The average Bonchev–Trinajstić information content (AvgIpc) is 2.97. The summed E-state index contributed by atoms with van der Waals surface area (Å²) in [5, 5.41) is 0. The molecule has 0 bridgehead atoms. The Kier molecular flexibility index (Phi) is 5.52. The molecular formula is C26H23F2N3O. The predicted molar refractivity (Wildman–Crippen MR) is 118 cm³/mol. The molecular weight excluding hydrogens is 408 g/mol. The van der Waals surface area contributed by atoms with E-state index in [9.17, 15) is 13.6 Å². The van der Waals surface area contributed by atoms with E-state index in [-0.39, 0.29) is 5.91 Å². The Labute approximate surface area is 185 Å². The zero-order chi connectivity index (χ0) is 22.1. The van der Waals surface area contributed by atoms with Gasteiger partial charge in [-0.25, -0.2) is 8.78 Å². The van der Waals surface area contributed by atoms with Gasteiger partial charge < -0.3 is 4.90 Å². The first-order chi connectivity index (χ1) is 15.6. The van der Waals surface area contributed by atoms with E-state index in [1.807, 2.05) is 29.2 Å². The highest BCUT2D eigenvalue weighted by atomic mass is 19.2. The highest BCUT2D eigenvalue weighted by Gasteiger charge is 2.27. The highest BCUT2D eigenvalue weighted by molar-refractivity contribution is 5.85. The van der Waals surface area contributed by atoms with Crippen LogP contribution in [-0.2, 0) is 24.1 Å². The van der Waals surface area contributed by atoms with Crippen LogP contribution >= 0.6 is 0 Å². The summed E-state index contributed by atoms with van der Waals surface area (Å²) < 4.78 is 28.3. The fourth-order valence-electron chi connectivity index (χ4n) is 4.71. The number of piperidine rings is 1. The van der Waals surface area contributed by atoms with Gasteiger partial charge in [0.1, 0.15) is 0 Å². The summed E-state index contributed by atoms with van der Waals surface area (Å²) in [7, 11) is 0. The van der Waals surface area contributed by atoms with Gasteiger partial charge in [0, 0.05) is 37.3 Å². The maximum Gasteiger partial charge on any atom is 0.227 e. The third kappa shape index (κ3) is 3.93. The minimum absolute atomic E-state index is 0.0909. The number of aryl methyl sites for hydroxylation is 2. The van der Waals surface area contributed by atoms with Gasteiger partial charge in [0.25, 0.3) is 0 Å². The SMILES string of the molecule is O=C(Cc1ccncc1)N1CCC(=C2c3cc(F)c(F)cc3CCc3cccnc32)CC1. The lowest BCUT2D eigenvalue weighted by atomic mass is 9.88. The molecule has 0 saturated carbocycles. The molecule has 0 radical (unpaired) electrons. The first-order valence-electron chi connectivity index (χ1n) is 10.9. The minimum Gasteiger partial charge on any atom is -0.342 e. The van der Waals surface area contributed by atoms with Gasteiger partial charge in [-0.3, -0.25) is 14.8 Å². The molecule has 5 rings (SSSR count). The van der Waals surface area contributed by atoms with E-state index in [1.54, 1.807) is 18.6 Å². The Bertz CT molecular complexity index is 1200. The number of carbonyl (C=O) groups is 1. The number of rotatable bonds is 2. The number of halogens is 2. The average molecular weight is 431 g/mol. The molecule has 0 N–H and O–H groups in total. The molecule has 1 saturated heterocycles. The van der Waals surface area contributed by atoms with Crippen molar-refractivity contribution in [2.75, 3.05) is 13.1 Å². The van der Waals surface area contributed by atoms with Gasteiger partial charge in [0.05, 0.1) is 12.1 Å². The van der Waals surface area contributed by atoms with Crippen LogP contribution in [0.3, 0.4) is 0 Å². The van der Waals surface area contributed by atoms with Crippen LogP contribution in [-0.4, -0.2) is 33.9 Å². The monoisotopic (exact) mass is 431 g/mol. The van der Waals surface area contributed by atoms with Crippen molar-refractivity contribution in [2.24, 2.45) is 0 Å². The summed E-state index contributed by atoms with van der Waals surface area (Å²) >= 11 is 0. The van der Waals surface area contributed by atoms with Crippen molar-refractivity contribution in [3.05, 3.63) is 100 Å². The van der Waals surface area contributed by atoms with E-state index >= 15 is 0 Å². The van der Waals surface area contributed by atoms with Crippen molar-refractivity contribution in [3.63, 3.8) is 0 Å². The predicted octanol–water partition coefficient (Wildman–Crippen LogP) is 4.52. The Morgan fingerprint density at radius 1 is 0.906 bits per heavy atom. The normalized spacial score (nSPS) is 15.8. The Morgan fingerprint density at radius 2 is 1.62 bits per heavy atom. The molecule has 4 nitrogen and oxygen atoms in total. The van der Waals surface area contributed by atoms with Gasteiger partial charge in [-0.1, -0.05) is 11.6 Å². The van der Waals surface area contributed by atoms with Crippen molar-refractivity contribution < 1.29 is 13.6 Å². The third-order valence-electron chi connectivity index (χ3n) is 6.39. The van der Waals surface area contributed by atoms with Crippen LogP contribution in [0.1, 0.15) is 40.8 Å². The first-order valence-corrected chi connectivity index (χ1v) is 10.9. The summed E-state index contributed by atoms with van der Waals surface area (Å²) in [5.41, 5.74) is 6.48. The van der Waals surface area contributed by atoms with Gasteiger partial charge in [-0.05, 0) is 78.3 Å². The summed E-state index contributed by atoms with van der Waals surface area (Å²) in [6.07, 6.45) is 8.23. The zero-order valence-electron chi connectivity index (χ0n) is 17.7. The van der Waals surface area contributed by atoms with Gasteiger partial charge >= 0.3 is 0 Å². The molecule has 2 aromatic heterocycles. The number of fused-ring (bicyclic) bond motifs is 2. The second-order valence-corrected chi connectivity index (χ2v) is 8.33. The smallest absolute Gasteiger partial charge is 0.227 e. The Morgan fingerprint density at radius 3 is 2.41 bits per heavy atom. The zero-order valence-corrected chi connectivity index (χ0v) is 17.7. The minimum atomic E-state index is -0.841. The molecule has 1 amide bonds. The Hall–Kier alpha value is -3.41. The number of aromatic nitrogens is 2. The molecule has 1 aliphatic carbocycles. The second-order valence-electron chi connectivity index (χ2n) is 8.33. The maximum absolute atomic E-state index is 14.3. The summed E-state index contributed by atoms with van der Waals surface area (Å²) in [4.78, 5) is 23.3. The molecule has 0 unspecified atom stereocenters. The van der Waals surface area contributed by atoms with E-state index in [2.05, 4.69) is 9.97 Å². The molecule has 2 aliphatic rings. The van der Waals surface area contributed by atoms with E-state index in [4.69, 9.17) is 0 Å². The molecule has 0 atom stereocenters. The number of likely N-dealkylation sites (tertiary alicyclic amines) is 1. The summed E-state index contributed by atoms with van der Waals surface area (Å²) in [6, 6.07) is 10.3. The lowest BCUT2D eigenvalue weighted by Gasteiger charge is -2.30. The van der Waals surface area contributed by atoms with Crippen molar-refractivity contribution in [3.8, 4) is 0 Å². The largest absolute Gasteiger partial charge is 0.342 e. The number of pyridine rings is 2. The third-order valence-corrected chi connectivity index (χ3v) is 6.39. The standard InChI is InChI=1S/C26H23F2N3O/c27-22-15-20-4-3-19-2-1-9-30-26(19)25(21(20)16-23(22)28)18-7-12-31(13-8-18)24(32)14-17-5-10-29-11-6-17/h1-2,5-6,9-11,15-16H,3-4,7-8,12-14H2. The summed E-state index contributed by atoms with van der Waals surface area (Å²) in [5.74, 6) is -1.57. The van der Waals surface area contributed by atoms with E-state index < -0.39 is 11.6 Å². The topological polar surface area (TPSA) is 46.1 Å². The quantitative estimate of drug-likeness (QED) is 0.599.